The predicted molar refractivity (Wildman–Crippen MR) is 118 cm³/mol. The van der Waals surface area contributed by atoms with Crippen LogP contribution in [0.2, 0.25) is 5.02 Å². The zero-order valence-electron chi connectivity index (χ0n) is 16.3. The lowest BCUT2D eigenvalue weighted by Crippen LogP contribution is -2.28. The van der Waals surface area contributed by atoms with Crippen LogP contribution in [0.3, 0.4) is 0 Å². The molecule has 0 radical (unpaired) electrons. The van der Waals surface area contributed by atoms with Gasteiger partial charge in [0, 0.05) is 10.6 Å². The molecular formula is C22H29ClN2OS. The van der Waals surface area contributed by atoms with Crippen molar-refractivity contribution in [2.45, 2.75) is 44.8 Å². The minimum Gasteiger partial charge on any atom is -0.317 e. The SMILES string of the molecule is CC(C)(C)S(=O)Nc1cc(Cl)ccc1-c1ccccc1CC1CCNCC1. The van der Waals surface area contributed by atoms with Crippen LogP contribution in [0.4, 0.5) is 5.69 Å². The van der Waals surface area contributed by atoms with Crippen LogP contribution in [0.25, 0.3) is 11.1 Å². The van der Waals surface area contributed by atoms with Crippen LogP contribution in [0, 0.1) is 5.92 Å². The molecule has 3 nitrogen and oxygen atoms in total. The Hall–Kier alpha value is -1.36. The van der Waals surface area contributed by atoms with Gasteiger partial charge < -0.3 is 10.0 Å². The molecular weight excluding hydrogens is 376 g/mol. The molecule has 1 aliphatic rings. The van der Waals surface area contributed by atoms with E-state index in [4.69, 9.17) is 11.6 Å². The fourth-order valence-corrected chi connectivity index (χ4v) is 4.29. The van der Waals surface area contributed by atoms with Crippen LogP contribution >= 0.6 is 11.6 Å². The Balaban J connectivity index is 1.95. The molecule has 1 unspecified atom stereocenters. The van der Waals surface area contributed by atoms with E-state index in [2.05, 4.69) is 34.3 Å². The summed E-state index contributed by atoms with van der Waals surface area (Å²) in [7, 11) is -1.21. The fraction of sp³-hybridized carbons (Fsp3) is 0.455. The highest BCUT2D eigenvalue weighted by molar-refractivity contribution is 7.87. The Kier molecular flexibility index (Phi) is 6.61. The molecule has 0 amide bonds. The van der Waals surface area contributed by atoms with Gasteiger partial charge in [0.25, 0.3) is 0 Å². The molecule has 5 heteroatoms. The second-order valence-corrected chi connectivity index (χ2v) is 10.6. The Morgan fingerprint density at radius 1 is 1.11 bits per heavy atom. The maximum Gasteiger partial charge on any atom is 0.122 e. The molecule has 0 bridgehead atoms. The van der Waals surface area contributed by atoms with Crippen molar-refractivity contribution in [3.8, 4) is 11.1 Å². The summed E-state index contributed by atoms with van der Waals surface area (Å²) in [5.74, 6) is 0.708. The monoisotopic (exact) mass is 404 g/mol. The standard InChI is InChI=1S/C22H29ClN2OS/c1-22(2,3)27(26)25-21-15-18(23)8-9-20(21)19-7-5-4-6-17(19)14-16-10-12-24-13-11-16/h4-9,15-16,24-25H,10-14H2,1-3H3. The number of nitrogens with one attached hydrogen (secondary N) is 2. The van der Waals surface area contributed by atoms with Crippen molar-refractivity contribution in [2.24, 2.45) is 5.92 Å². The van der Waals surface area contributed by atoms with E-state index in [0.717, 1.165) is 30.8 Å². The topological polar surface area (TPSA) is 41.1 Å². The highest BCUT2D eigenvalue weighted by atomic mass is 35.5. The molecule has 0 spiro atoms. The molecule has 2 N–H and O–H groups in total. The first-order chi connectivity index (χ1) is 12.8. The van der Waals surface area contributed by atoms with Crippen molar-refractivity contribution < 1.29 is 4.21 Å². The van der Waals surface area contributed by atoms with Crippen molar-refractivity contribution >= 4 is 28.3 Å². The summed E-state index contributed by atoms with van der Waals surface area (Å²) in [4.78, 5) is 0. The van der Waals surface area contributed by atoms with Gasteiger partial charge in [-0.15, -0.1) is 0 Å². The molecule has 2 aromatic rings. The molecule has 0 aliphatic carbocycles. The van der Waals surface area contributed by atoms with Crippen LogP contribution in [0.1, 0.15) is 39.2 Å². The lowest BCUT2D eigenvalue weighted by atomic mass is 9.87. The lowest BCUT2D eigenvalue weighted by molar-refractivity contribution is 0.373. The average Bonchev–Trinajstić information content (AvgIpc) is 2.63. The lowest BCUT2D eigenvalue weighted by Gasteiger charge is -2.24. The van der Waals surface area contributed by atoms with Crippen LogP contribution in [-0.4, -0.2) is 22.0 Å². The van der Waals surface area contributed by atoms with Crippen molar-refractivity contribution in [3.05, 3.63) is 53.1 Å². The molecule has 1 atom stereocenters. The Labute approximate surface area is 170 Å². The summed E-state index contributed by atoms with van der Waals surface area (Å²) in [6.07, 6.45) is 3.50. The maximum atomic E-state index is 12.7. The molecule has 1 fully saturated rings. The minimum atomic E-state index is -1.21. The summed E-state index contributed by atoms with van der Waals surface area (Å²) in [5, 5.41) is 4.08. The van der Waals surface area contributed by atoms with Gasteiger partial charge in [0.2, 0.25) is 0 Å². The molecule has 1 heterocycles. The van der Waals surface area contributed by atoms with Crippen molar-refractivity contribution in [2.75, 3.05) is 17.8 Å². The third-order valence-electron chi connectivity index (χ3n) is 5.02. The first kappa shape index (κ1) is 20.4. The number of anilines is 1. The van der Waals surface area contributed by atoms with Gasteiger partial charge in [0.15, 0.2) is 0 Å². The van der Waals surface area contributed by atoms with Crippen LogP contribution in [-0.2, 0) is 17.4 Å². The smallest absolute Gasteiger partial charge is 0.122 e. The van der Waals surface area contributed by atoms with Gasteiger partial charge in [-0.2, -0.15) is 0 Å². The fourth-order valence-electron chi connectivity index (χ4n) is 3.45. The van der Waals surface area contributed by atoms with E-state index in [9.17, 15) is 4.21 Å². The summed E-state index contributed by atoms with van der Waals surface area (Å²) in [6, 6.07) is 14.4. The van der Waals surface area contributed by atoms with Gasteiger partial charge in [-0.05, 0) is 82.3 Å². The zero-order valence-corrected chi connectivity index (χ0v) is 17.9. The Morgan fingerprint density at radius 2 is 1.81 bits per heavy atom. The molecule has 0 aromatic heterocycles. The van der Waals surface area contributed by atoms with Crippen LogP contribution < -0.4 is 10.0 Å². The molecule has 146 valence electrons. The predicted octanol–water partition coefficient (Wildman–Crippen LogP) is 5.42. The van der Waals surface area contributed by atoms with Crippen LogP contribution in [0.15, 0.2) is 42.5 Å². The number of hydrogen-bond acceptors (Lipinski definition) is 2. The van der Waals surface area contributed by atoms with E-state index >= 15 is 0 Å². The van der Waals surface area contributed by atoms with Crippen molar-refractivity contribution in [1.82, 2.24) is 5.32 Å². The Bertz CT molecular complexity index is 810. The van der Waals surface area contributed by atoms with Crippen molar-refractivity contribution in [1.29, 1.82) is 0 Å². The van der Waals surface area contributed by atoms with Gasteiger partial charge in [-0.3, -0.25) is 0 Å². The van der Waals surface area contributed by atoms with Gasteiger partial charge in [0.05, 0.1) is 10.4 Å². The van der Waals surface area contributed by atoms with E-state index < -0.39 is 11.0 Å². The number of halogens is 1. The van der Waals surface area contributed by atoms with Gasteiger partial charge in [-0.1, -0.05) is 41.9 Å². The second-order valence-electron chi connectivity index (χ2n) is 8.23. The first-order valence-electron chi connectivity index (χ1n) is 9.61. The van der Waals surface area contributed by atoms with E-state index in [1.807, 2.05) is 39.0 Å². The third-order valence-corrected chi connectivity index (χ3v) is 6.77. The summed E-state index contributed by atoms with van der Waals surface area (Å²) < 4.78 is 15.5. The van der Waals surface area contributed by atoms with E-state index in [-0.39, 0.29) is 4.75 Å². The Morgan fingerprint density at radius 3 is 2.52 bits per heavy atom. The zero-order chi connectivity index (χ0) is 19.4. The van der Waals surface area contributed by atoms with E-state index in [1.165, 1.54) is 24.0 Å². The van der Waals surface area contributed by atoms with Crippen molar-refractivity contribution in [3.63, 3.8) is 0 Å². The highest BCUT2D eigenvalue weighted by Gasteiger charge is 2.22. The summed E-state index contributed by atoms with van der Waals surface area (Å²) >= 11 is 6.25. The summed E-state index contributed by atoms with van der Waals surface area (Å²) in [5.41, 5.74) is 4.42. The minimum absolute atomic E-state index is 0.353. The highest BCUT2D eigenvalue weighted by Crippen LogP contribution is 2.35. The van der Waals surface area contributed by atoms with Gasteiger partial charge in [-0.25, -0.2) is 4.21 Å². The van der Waals surface area contributed by atoms with Gasteiger partial charge in [0.1, 0.15) is 11.0 Å². The van der Waals surface area contributed by atoms with Gasteiger partial charge >= 0.3 is 0 Å². The number of piperidine rings is 1. The maximum absolute atomic E-state index is 12.7. The molecule has 2 aromatic carbocycles. The summed E-state index contributed by atoms with van der Waals surface area (Å²) in [6.45, 7) is 8.10. The third kappa shape index (κ3) is 5.34. The average molecular weight is 405 g/mol. The van der Waals surface area contributed by atoms with E-state index in [0.29, 0.717) is 10.9 Å². The molecule has 1 aliphatic heterocycles. The van der Waals surface area contributed by atoms with E-state index in [1.54, 1.807) is 0 Å². The second kappa shape index (κ2) is 8.76. The molecule has 1 saturated heterocycles. The normalized spacial score (nSPS) is 16.9. The first-order valence-corrected chi connectivity index (χ1v) is 11.1. The molecule has 27 heavy (non-hydrogen) atoms. The molecule has 0 saturated carbocycles. The largest absolute Gasteiger partial charge is 0.317 e. The number of benzene rings is 2. The van der Waals surface area contributed by atoms with Crippen LogP contribution in [0.5, 0.6) is 0 Å². The molecule has 3 rings (SSSR count). The quantitative estimate of drug-likeness (QED) is 0.698. The number of rotatable bonds is 5. The number of hydrogen-bond donors (Lipinski definition) is 2.